The van der Waals surface area contributed by atoms with Gasteiger partial charge in [0.2, 0.25) is 5.91 Å². The summed E-state index contributed by atoms with van der Waals surface area (Å²) in [5.41, 5.74) is 1.06. The van der Waals surface area contributed by atoms with Gasteiger partial charge in [0.15, 0.2) is 5.96 Å². The quantitative estimate of drug-likeness (QED) is 0.574. The topological polar surface area (TPSA) is 51.2 Å². The Kier molecular flexibility index (Phi) is 8.31. The minimum Gasteiger partial charge on any atom is -0.347 e. The minimum atomic E-state index is -4.23. The molecular formula is C20H30F3N5O. The van der Waals surface area contributed by atoms with Crippen molar-refractivity contribution in [2.24, 2.45) is 4.99 Å². The first-order valence-electron chi connectivity index (χ1n) is 9.84. The highest BCUT2D eigenvalue weighted by molar-refractivity contribution is 5.86. The Balaban J connectivity index is 1.85. The zero-order valence-electron chi connectivity index (χ0n) is 17.2. The fraction of sp³-hybridized carbons (Fsp3) is 0.600. The van der Waals surface area contributed by atoms with E-state index in [9.17, 15) is 18.0 Å². The lowest BCUT2D eigenvalue weighted by atomic mass is 10.2. The van der Waals surface area contributed by atoms with Crippen LogP contribution in [-0.4, -0.2) is 85.1 Å². The van der Waals surface area contributed by atoms with E-state index < -0.39 is 12.2 Å². The number of piperazine rings is 1. The third-order valence-corrected chi connectivity index (χ3v) is 5.20. The summed E-state index contributed by atoms with van der Waals surface area (Å²) in [4.78, 5) is 21.8. The second-order valence-corrected chi connectivity index (χ2v) is 7.03. The van der Waals surface area contributed by atoms with Gasteiger partial charge in [0, 0.05) is 46.3 Å². The van der Waals surface area contributed by atoms with Crippen molar-refractivity contribution in [1.29, 1.82) is 0 Å². The van der Waals surface area contributed by atoms with Crippen LogP contribution in [-0.2, 0) is 11.3 Å². The molecule has 162 valence electrons. The van der Waals surface area contributed by atoms with Crippen LogP contribution < -0.4 is 5.32 Å². The van der Waals surface area contributed by atoms with Crippen LogP contribution in [0.25, 0.3) is 0 Å². The van der Waals surface area contributed by atoms with Gasteiger partial charge in [0.1, 0.15) is 6.04 Å². The maximum Gasteiger partial charge on any atom is 0.403 e. The molecule has 1 unspecified atom stereocenters. The number of rotatable bonds is 6. The van der Waals surface area contributed by atoms with Crippen LogP contribution in [0.1, 0.15) is 19.4 Å². The van der Waals surface area contributed by atoms with Crippen molar-refractivity contribution in [2.75, 3.05) is 46.3 Å². The molecule has 9 heteroatoms. The molecule has 0 radical (unpaired) electrons. The van der Waals surface area contributed by atoms with Crippen molar-refractivity contribution in [2.45, 2.75) is 32.6 Å². The Labute approximate surface area is 170 Å². The number of carbonyl (C=O) groups excluding carboxylic acids is 1. The standard InChI is InChI=1S/C20H30F3N5O/c1-4-26(15-17-8-6-5-7-9-17)18(29)14-25-19(24-3)28-12-10-27(11-13-28)16(2)20(21,22)23/h5-9,16H,4,10-15H2,1-3H3,(H,24,25). The van der Waals surface area contributed by atoms with E-state index in [4.69, 9.17) is 0 Å². The summed E-state index contributed by atoms with van der Waals surface area (Å²) in [5, 5.41) is 3.06. The van der Waals surface area contributed by atoms with E-state index in [2.05, 4.69) is 10.3 Å². The molecule has 0 bridgehead atoms. The molecule has 1 heterocycles. The van der Waals surface area contributed by atoms with E-state index in [0.717, 1.165) is 5.56 Å². The fourth-order valence-corrected chi connectivity index (χ4v) is 3.31. The van der Waals surface area contributed by atoms with E-state index in [-0.39, 0.29) is 12.5 Å². The molecule has 0 spiro atoms. The summed E-state index contributed by atoms with van der Waals surface area (Å²) in [6, 6.07) is 8.30. The Bertz CT molecular complexity index is 672. The molecule has 1 aromatic carbocycles. The number of nitrogens with one attached hydrogen (secondary N) is 1. The second-order valence-electron chi connectivity index (χ2n) is 7.03. The van der Waals surface area contributed by atoms with Gasteiger partial charge in [0.05, 0.1) is 6.54 Å². The Morgan fingerprint density at radius 3 is 2.34 bits per heavy atom. The number of hydrogen-bond acceptors (Lipinski definition) is 3. The lowest BCUT2D eigenvalue weighted by Crippen LogP contribution is -2.57. The third-order valence-electron chi connectivity index (χ3n) is 5.20. The van der Waals surface area contributed by atoms with E-state index in [1.165, 1.54) is 11.8 Å². The molecule has 2 rings (SSSR count). The van der Waals surface area contributed by atoms with Crippen molar-refractivity contribution in [3.63, 3.8) is 0 Å². The SMILES string of the molecule is CCN(Cc1ccccc1)C(=O)CNC(=NC)N1CCN(C(C)C(F)(F)F)CC1. The number of carbonyl (C=O) groups is 1. The van der Waals surface area contributed by atoms with Gasteiger partial charge in [-0.3, -0.25) is 14.7 Å². The highest BCUT2D eigenvalue weighted by Gasteiger charge is 2.41. The number of likely N-dealkylation sites (N-methyl/N-ethyl adjacent to an activating group) is 1. The van der Waals surface area contributed by atoms with Gasteiger partial charge in [-0.15, -0.1) is 0 Å². The molecule has 0 aliphatic carbocycles. The summed E-state index contributed by atoms with van der Waals surface area (Å²) >= 11 is 0. The van der Waals surface area contributed by atoms with Crippen molar-refractivity contribution in [3.05, 3.63) is 35.9 Å². The average molecular weight is 413 g/mol. The van der Waals surface area contributed by atoms with Crippen molar-refractivity contribution in [1.82, 2.24) is 20.0 Å². The number of guanidine groups is 1. The van der Waals surface area contributed by atoms with Gasteiger partial charge < -0.3 is 15.1 Å². The molecule has 0 aromatic heterocycles. The molecule has 1 fully saturated rings. The summed E-state index contributed by atoms with van der Waals surface area (Å²) in [5.74, 6) is 0.482. The third kappa shape index (κ3) is 6.62. The zero-order valence-corrected chi connectivity index (χ0v) is 17.2. The van der Waals surface area contributed by atoms with Gasteiger partial charge >= 0.3 is 6.18 Å². The van der Waals surface area contributed by atoms with Crippen molar-refractivity contribution >= 4 is 11.9 Å². The first kappa shape index (κ1) is 23.0. The lowest BCUT2D eigenvalue weighted by Gasteiger charge is -2.39. The van der Waals surface area contributed by atoms with Crippen LogP contribution in [0.3, 0.4) is 0 Å². The Morgan fingerprint density at radius 1 is 1.21 bits per heavy atom. The Hall–Kier alpha value is -2.29. The van der Waals surface area contributed by atoms with Crippen molar-refractivity contribution < 1.29 is 18.0 Å². The molecular weight excluding hydrogens is 383 g/mol. The maximum atomic E-state index is 12.9. The summed E-state index contributed by atoms with van der Waals surface area (Å²) in [6.07, 6.45) is -4.23. The molecule has 1 saturated heterocycles. The van der Waals surface area contributed by atoms with Crippen LogP contribution in [0, 0.1) is 0 Å². The van der Waals surface area contributed by atoms with Crippen LogP contribution in [0.4, 0.5) is 13.2 Å². The van der Waals surface area contributed by atoms with Crippen molar-refractivity contribution in [3.8, 4) is 0 Å². The fourth-order valence-electron chi connectivity index (χ4n) is 3.31. The zero-order chi connectivity index (χ0) is 21.4. The molecule has 29 heavy (non-hydrogen) atoms. The number of alkyl halides is 3. The summed E-state index contributed by atoms with van der Waals surface area (Å²) in [7, 11) is 1.61. The van der Waals surface area contributed by atoms with E-state index >= 15 is 0 Å². The number of amides is 1. The smallest absolute Gasteiger partial charge is 0.347 e. The van der Waals surface area contributed by atoms with Crippen LogP contribution in [0.15, 0.2) is 35.3 Å². The normalized spacial score (nSPS) is 17.2. The van der Waals surface area contributed by atoms with E-state index in [0.29, 0.717) is 45.2 Å². The second kappa shape index (κ2) is 10.5. The maximum absolute atomic E-state index is 12.9. The van der Waals surface area contributed by atoms with Gasteiger partial charge in [-0.1, -0.05) is 30.3 Å². The number of nitrogens with zero attached hydrogens (tertiary/aromatic N) is 4. The van der Waals surface area contributed by atoms with Gasteiger partial charge in [-0.2, -0.15) is 13.2 Å². The van der Waals surface area contributed by atoms with Crippen LogP contribution in [0.2, 0.25) is 0 Å². The number of halogens is 3. The molecule has 1 N–H and O–H groups in total. The van der Waals surface area contributed by atoms with Crippen LogP contribution >= 0.6 is 0 Å². The first-order chi connectivity index (χ1) is 13.8. The molecule has 0 saturated carbocycles. The molecule has 1 aliphatic rings. The average Bonchev–Trinajstić information content (AvgIpc) is 2.72. The number of benzene rings is 1. The predicted molar refractivity (Wildman–Crippen MR) is 108 cm³/mol. The number of aliphatic imine (C=N–C) groups is 1. The minimum absolute atomic E-state index is 0.0539. The van der Waals surface area contributed by atoms with Crippen LogP contribution in [0.5, 0.6) is 0 Å². The Morgan fingerprint density at radius 2 is 1.83 bits per heavy atom. The molecule has 1 aliphatic heterocycles. The van der Waals surface area contributed by atoms with Gasteiger partial charge in [-0.25, -0.2) is 0 Å². The van der Waals surface area contributed by atoms with E-state index in [1.54, 1.807) is 11.9 Å². The summed E-state index contributed by atoms with van der Waals surface area (Å²) in [6.45, 7) is 5.77. The predicted octanol–water partition coefficient (Wildman–Crippen LogP) is 2.18. The molecule has 1 amide bonds. The largest absolute Gasteiger partial charge is 0.403 e. The van der Waals surface area contributed by atoms with E-state index in [1.807, 2.05) is 42.2 Å². The first-order valence-corrected chi connectivity index (χ1v) is 9.84. The molecule has 6 nitrogen and oxygen atoms in total. The molecule has 1 atom stereocenters. The lowest BCUT2D eigenvalue weighted by molar-refractivity contribution is -0.181. The highest BCUT2D eigenvalue weighted by Crippen LogP contribution is 2.25. The van der Waals surface area contributed by atoms with Gasteiger partial charge in [0.25, 0.3) is 0 Å². The number of hydrogen-bond donors (Lipinski definition) is 1. The van der Waals surface area contributed by atoms with Gasteiger partial charge in [-0.05, 0) is 19.4 Å². The molecule has 1 aromatic rings. The summed E-state index contributed by atoms with van der Waals surface area (Å²) < 4.78 is 38.7. The highest BCUT2D eigenvalue weighted by atomic mass is 19.4. The monoisotopic (exact) mass is 413 g/mol.